The second-order valence-corrected chi connectivity index (χ2v) is 9.62. The van der Waals surface area contributed by atoms with E-state index < -0.39 is 8.15 Å². The van der Waals surface area contributed by atoms with Gasteiger partial charge in [-0.1, -0.05) is 61.0 Å². The average molecular weight is 419 g/mol. The first-order valence-electron chi connectivity index (χ1n) is 10.5. The van der Waals surface area contributed by atoms with Crippen LogP contribution in [-0.4, -0.2) is 16.0 Å². The summed E-state index contributed by atoms with van der Waals surface area (Å²) in [4.78, 5) is 15.6. The first-order chi connectivity index (χ1) is 14.4. The maximum absolute atomic E-state index is 10.6. The molecule has 0 spiro atoms. The van der Waals surface area contributed by atoms with Gasteiger partial charge in [0.15, 0.2) is 0 Å². The summed E-state index contributed by atoms with van der Waals surface area (Å²) in [6, 6.07) is 16.5. The number of aromatic nitrogens is 1. The van der Waals surface area contributed by atoms with Crippen LogP contribution >= 0.6 is 8.15 Å². The highest BCUT2D eigenvalue weighted by atomic mass is 31.1. The van der Waals surface area contributed by atoms with E-state index in [2.05, 4.69) is 69.3 Å². The summed E-state index contributed by atoms with van der Waals surface area (Å²) < 4.78 is 0. The summed E-state index contributed by atoms with van der Waals surface area (Å²) in [5, 5.41) is 1.04. The Morgan fingerprint density at radius 2 is 1.80 bits per heavy atom. The quantitative estimate of drug-likeness (QED) is 0.369. The van der Waals surface area contributed by atoms with Crippen molar-refractivity contribution >= 4 is 25.2 Å². The van der Waals surface area contributed by atoms with Gasteiger partial charge in [0.1, 0.15) is 0 Å². The lowest BCUT2D eigenvalue weighted by Gasteiger charge is -2.17. The molecule has 0 aliphatic rings. The molecule has 0 bridgehead atoms. The monoisotopic (exact) mass is 418 g/mol. The molecule has 0 aliphatic carbocycles. The molecule has 4 heteroatoms. The molecule has 0 aliphatic heterocycles. The minimum Gasteiger partial charge on any atom is -0.398 e. The lowest BCUT2D eigenvalue weighted by atomic mass is 10.0. The molecule has 30 heavy (non-hydrogen) atoms. The van der Waals surface area contributed by atoms with Crippen molar-refractivity contribution in [2.75, 3.05) is 11.9 Å². The molecular weight excluding hydrogens is 387 g/mol. The summed E-state index contributed by atoms with van der Waals surface area (Å²) in [6.45, 7) is 8.27. The normalized spacial score (nSPS) is 12.4. The number of hydrogen-bond donors (Lipinski definition) is 2. The van der Waals surface area contributed by atoms with Gasteiger partial charge in [-0.25, -0.2) is 0 Å². The number of nitrogens with zero attached hydrogens (tertiary/aromatic N) is 1. The van der Waals surface area contributed by atoms with Gasteiger partial charge in [0, 0.05) is 22.2 Å². The zero-order valence-electron chi connectivity index (χ0n) is 18.3. The van der Waals surface area contributed by atoms with E-state index in [-0.39, 0.29) is 0 Å². The molecule has 3 nitrogen and oxygen atoms in total. The van der Waals surface area contributed by atoms with Crippen LogP contribution in [0.5, 0.6) is 0 Å². The number of nitrogens with two attached hydrogens (primary N) is 1. The largest absolute Gasteiger partial charge is 0.398 e. The van der Waals surface area contributed by atoms with Crippen LogP contribution in [0.1, 0.15) is 41.3 Å². The van der Waals surface area contributed by atoms with Gasteiger partial charge in [-0.15, -0.1) is 0 Å². The van der Waals surface area contributed by atoms with Crippen LogP contribution in [-0.2, 0) is 6.42 Å². The third kappa shape index (κ3) is 5.16. The molecule has 3 aromatic rings. The maximum Gasteiger partial charge on any atom is 0.0741 e. The van der Waals surface area contributed by atoms with Crippen LogP contribution in [0.4, 0.5) is 5.69 Å². The van der Waals surface area contributed by atoms with Crippen molar-refractivity contribution in [1.82, 2.24) is 4.98 Å². The number of benzene rings is 2. The zero-order valence-corrected chi connectivity index (χ0v) is 19.2. The molecular formula is C26H31N2OP. The van der Waals surface area contributed by atoms with Crippen LogP contribution in [0, 0.1) is 20.8 Å². The van der Waals surface area contributed by atoms with Gasteiger partial charge in [0.2, 0.25) is 0 Å². The van der Waals surface area contributed by atoms with Gasteiger partial charge in [-0.3, -0.25) is 4.98 Å². The van der Waals surface area contributed by atoms with Crippen molar-refractivity contribution in [3.8, 4) is 11.3 Å². The number of hydrogen-bond acceptors (Lipinski definition) is 3. The highest BCUT2D eigenvalue weighted by Crippen LogP contribution is 2.33. The number of allylic oxidation sites excluding steroid dienone is 1. The number of nitrogen functional groups attached to an aromatic ring is 1. The Labute approximate surface area is 181 Å². The molecule has 2 aromatic carbocycles. The van der Waals surface area contributed by atoms with Crippen molar-refractivity contribution in [3.05, 3.63) is 82.6 Å². The SMILES string of the molecule is CCP(O)c1cc(CC/C=C/c2c(C)cccc2N)nc(-c2ccc(C)cc2)c1C. The molecule has 1 atom stereocenters. The molecule has 0 saturated carbocycles. The molecule has 1 aromatic heterocycles. The average Bonchev–Trinajstić information content (AvgIpc) is 2.74. The Morgan fingerprint density at radius 3 is 2.47 bits per heavy atom. The third-order valence-corrected chi connectivity index (χ3v) is 7.03. The Balaban J connectivity index is 1.87. The fourth-order valence-corrected chi connectivity index (χ4v) is 4.70. The van der Waals surface area contributed by atoms with Crippen molar-refractivity contribution in [2.45, 2.75) is 40.5 Å². The lowest BCUT2D eigenvalue weighted by molar-refractivity contribution is 0.635. The van der Waals surface area contributed by atoms with E-state index in [1.165, 1.54) is 11.1 Å². The maximum atomic E-state index is 10.6. The van der Waals surface area contributed by atoms with Gasteiger partial charge >= 0.3 is 0 Å². The topological polar surface area (TPSA) is 59.1 Å². The first-order valence-corrected chi connectivity index (χ1v) is 11.9. The highest BCUT2D eigenvalue weighted by molar-refractivity contribution is 7.60. The molecule has 3 N–H and O–H groups in total. The van der Waals surface area contributed by atoms with Crippen LogP contribution in [0.3, 0.4) is 0 Å². The number of aryl methyl sites for hydroxylation is 3. The fraction of sp³-hybridized carbons (Fsp3) is 0.269. The van der Waals surface area contributed by atoms with Gasteiger partial charge < -0.3 is 10.6 Å². The summed E-state index contributed by atoms with van der Waals surface area (Å²) >= 11 is 0. The fourth-order valence-electron chi connectivity index (χ4n) is 3.57. The molecule has 0 amide bonds. The molecule has 0 saturated heterocycles. The van der Waals surface area contributed by atoms with Crippen LogP contribution in [0.15, 0.2) is 54.6 Å². The van der Waals surface area contributed by atoms with E-state index >= 15 is 0 Å². The van der Waals surface area contributed by atoms with E-state index in [0.717, 1.165) is 58.1 Å². The summed E-state index contributed by atoms with van der Waals surface area (Å²) in [7, 11) is -1.16. The Hall–Kier alpha value is -2.48. The van der Waals surface area contributed by atoms with Gasteiger partial charge in [0.05, 0.1) is 13.8 Å². The van der Waals surface area contributed by atoms with E-state index in [9.17, 15) is 4.89 Å². The van der Waals surface area contributed by atoms with Crippen LogP contribution in [0.2, 0.25) is 0 Å². The second kappa shape index (κ2) is 10.0. The van der Waals surface area contributed by atoms with Crippen LogP contribution in [0.25, 0.3) is 17.3 Å². The minimum absolute atomic E-state index is 0.749. The molecule has 1 unspecified atom stereocenters. The van der Waals surface area contributed by atoms with E-state index in [4.69, 9.17) is 10.7 Å². The van der Waals surface area contributed by atoms with Crippen LogP contribution < -0.4 is 11.0 Å². The molecule has 0 radical (unpaired) electrons. The smallest absolute Gasteiger partial charge is 0.0741 e. The Morgan fingerprint density at radius 1 is 1.07 bits per heavy atom. The molecule has 3 rings (SSSR count). The summed E-state index contributed by atoms with van der Waals surface area (Å²) in [6.07, 6.45) is 6.70. The number of rotatable bonds is 7. The van der Waals surface area contributed by atoms with Crippen molar-refractivity contribution < 1.29 is 4.89 Å². The number of pyridine rings is 1. The first kappa shape index (κ1) is 22.2. The van der Waals surface area contributed by atoms with Crippen molar-refractivity contribution in [2.24, 2.45) is 0 Å². The molecule has 1 heterocycles. The van der Waals surface area contributed by atoms with E-state index in [1.807, 2.05) is 19.1 Å². The molecule has 0 fully saturated rings. The molecule has 156 valence electrons. The van der Waals surface area contributed by atoms with Gasteiger partial charge in [0.25, 0.3) is 0 Å². The lowest BCUT2D eigenvalue weighted by Crippen LogP contribution is -2.12. The second-order valence-electron chi connectivity index (χ2n) is 7.71. The number of anilines is 1. The van der Waals surface area contributed by atoms with Gasteiger partial charge in [-0.05, 0) is 68.6 Å². The van der Waals surface area contributed by atoms with E-state index in [0.29, 0.717) is 0 Å². The van der Waals surface area contributed by atoms with Crippen molar-refractivity contribution in [3.63, 3.8) is 0 Å². The third-order valence-electron chi connectivity index (χ3n) is 5.41. The predicted octanol–water partition coefficient (Wildman–Crippen LogP) is 5.94. The summed E-state index contributed by atoms with van der Waals surface area (Å²) in [5.74, 6) is 0. The standard InChI is InChI=1S/C26H31N2OP/c1-5-30(29)25-17-22(10-6-7-11-23-19(3)9-8-12-24(23)27)28-26(20(25)4)21-15-13-18(2)14-16-21/h7-9,11-17,29H,5-6,10,27H2,1-4H3/b11-7+. The summed E-state index contributed by atoms with van der Waals surface area (Å²) in [5.41, 5.74) is 14.6. The Kier molecular flexibility index (Phi) is 7.42. The Bertz CT molecular complexity index is 1020. The van der Waals surface area contributed by atoms with Gasteiger partial charge in [-0.2, -0.15) is 0 Å². The predicted molar refractivity (Wildman–Crippen MR) is 131 cm³/mol. The highest BCUT2D eigenvalue weighted by Gasteiger charge is 2.16. The van der Waals surface area contributed by atoms with Crippen molar-refractivity contribution in [1.29, 1.82) is 0 Å². The minimum atomic E-state index is -1.16. The van der Waals surface area contributed by atoms with E-state index in [1.54, 1.807) is 0 Å². The zero-order chi connectivity index (χ0) is 21.7.